The van der Waals surface area contributed by atoms with Crippen LogP contribution in [0.25, 0.3) is 0 Å². The Morgan fingerprint density at radius 2 is 1.93 bits per heavy atom. The van der Waals surface area contributed by atoms with E-state index in [1.807, 2.05) is 30.4 Å². The summed E-state index contributed by atoms with van der Waals surface area (Å²) >= 11 is 0. The maximum Gasteiger partial charge on any atom is 0.303 e. The molecule has 0 aliphatic rings. The van der Waals surface area contributed by atoms with Crippen molar-refractivity contribution in [1.29, 1.82) is 0 Å². The van der Waals surface area contributed by atoms with Gasteiger partial charge >= 0.3 is 5.97 Å². The number of carboxylic acids is 1. The van der Waals surface area contributed by atoms with E-state index in [-0.39, 0.29) is 6.42 Å². The molecule has 0 heterocycles. The fraction of sp³-hybridized carbons (Fsp3) is 0.250. The van der Waals surface area contributed by atoms with Gasteiger partial charge in [0.1, 0.15) is 0 Å². The molecule has 1 aromatic rings. The van der Waals surface area contributed by atoms with Crippen LogP contribution in [0.3, 0.4) is 0 Å². The number of rotatable bonds is 5. The second-order valence-corrected chi connectivity index (χ2v) is 3.09. The summed E-state index contributed by atoms with van der Waals surface area (Å²) < 4.78 is 0. The highest BCUT2D eigenvalue weighted by Crippen LogP contribution is 2.01. The fourth-order valence-corrected chi connectivity index (χ4v) is 1.16. The van der Waals surface area contributed by atoms with E-state index < -0.39 is 5.97 Å². The Labute approximate surface area is 83.9 Å². The number of benzene rings is 1. The average Bonchev–Trinajstić information content (AvgIpc) is 2.18. The standard InChI is InChI=1S/C12H14O2/c13-12(14)10-6-2-5-9-11-7-3-1-4-8-11/h1-5,7-8H,6,9-10H2,(H,13,14). The number of hydrogen-bond acceptors (Lipinski definition) is 1. The van der Waals surface area contributed by atoms with E-state index in [4.69, 9.17) is 5.11 Å². The van der Waals surface area contributed by atoms with Gasteiger partial charge in [-0.15, -0.1) is 0 Å². The van der Waals surface area contributed by atoms with Crippen LogP contribution in [0.15, 0.2) is 42.5 Å². The smallest absolute Gasteiger partial charge is 0.303 e. The normalized spacial score (nSPS) is 10.6. The highest BCUT2D eigenvalue weighted by Gasteiger charge is 1.91. The Kier molecular flexibility index (Phi) is 4.48. The van der Waals surface area contributed by atoms with Crippen molar-refractivity contribution < 1.29 is 9.90 Å². The lowest BCUT2D eigenvalue weighted by Crippen LogP contribution is -1.91. The highest BCUT2D eigenvalue weighted by molar-refractivity contribution is 5.66. The van der Waals surface area contributed by atoms with Crippen LogP contribution < -0.4 is 0 Å². The van der Waals surface area contributed by atoms with Crippen LogP contribution in [-0.4, -0.2) is 11.1 Å². The van der Waals surface area contributed by atoms with E-state index in [1.54, 1.807) is 0 Å². The van der Waals surface area contributed by atoms with Gasteiger partial charge in [-0.2, -0.15) is 0 Å². The van der Waals surface area contributed by atoms with Gasteiger partial charge in [0.2, 0.25) is 0 Å². The Balaban J connectivity index is 2.24. The maximum absolute atomic E-state index is 10.2. The zero-order chi connectivity index (χ0) is 10.2. The third-order valence-corrected chi connectivity index (χ3v) is 1.89. The van der Waals surface area contributed by atoms with E-state index in [9.17, 15) is 4.79 Å². The molecule has 0 bridgehead atoms. The Morgan fingerprint density at radius 3 is 2.57 bits per heavy atom. The molecule has 0 aliphatic heterocycles. The molecular formula is C12H14O2. The highest BCUT2D eigenvalue weighted by atomic mass is 16.4. The van der Waals surface area contributed by atoms with Gasteiger partial charge in [-0.05, 0) is 18.4 Å². The average molecular weight is 190 g/mol. The van der Waals surface area contributed by atoms with Crippen molar-refractivity contribution in [3.8, 4) is 0 Å². The van der Waals surface area contributed by atoms with Gasteiger partial charge < -0.3 is 5.11 Å². The molecule has 14 heavy (non-hydrogen) atoms. The Morgan fingerprint density at radius 1 is 1.21 bits per heavy atom. The van der Waals surface area contributed by atoms with Gasteiger partial charge in [0.15, 0.2) is 0 Å². The van der Waals surface area contributed by atoms with Crippen molar-refractivity contribution in [2.45, 2.75) is 19.3 Å². The molecule has 2 heteroatoms. The van der Waals surface area contributed by atoms with Gasteiger partial charge in [-0.25, -0.2) is 0 Å². The molecule has 0 spiro atoms. The van der Waals surface area contributed by atoms with Crippen LogP contribution >= 0.6 is 0 Å². The molecule has 1 rings (SSSR count). The molecule has 0 saturated heterocycles. The first-order valence-corrected chi connectivity index (χ1v) is 4.70. The second kappa shape index (κ2) is 5.97. The minimum Gasteiger partial charge on any atom is -0.481 e. The van der Waals surface area contributed by atoms with Gasteiger partial charge in [-0.3, -0.25) is 4.79 Å². The summed E-state index contributed by atoms with van der Waals surface area (Å²) in [7, 11) is 0. The summed E-state index contributed by atoms with van der Waals surface area (Å²) in [5.74, 6) is -0.741. The lowest BCUT2D eigenvalue weighted by Gasteiger charge is -1.93. The molecule has 0 radical (unpaired) electrons. The van der Waals surface area contributed by atoms with Crippen molar-refractivity contribution in [2.24, 2.45) is 0 Å². The predicted octanol–water partition coefficient (Wildman–Crippen LogP) is 2.65. The number of aliphatic carboxylic acids is 1. The van der Waals surface area contributed by atoms with Crippen LogP contribution in [0, 0.1) is 0 Å². The van der Waals surface area contributed by atoms with E-state index in [0.717, 1.165) is 6.42 Å². The molecule has 0 unspecified atom stereocenters. The summed E-state index contributed by atoms with van der Waals surface area (Å²) in [6.07, 6.45) is 5.63. The largest absolute Gasteiger partial charge is 0.481 e. The first-order chi connectivity index (χ1) is 6.79. The van der Waals surface area contributed by atoms with Gasteiger partial charge in [0, 0.05) is 6.42 Å². The SMILES string of the molecule is O=C(O)CCC=CCc1ccccc1. The Bertz CT molecular complexity index is 301. The van der Waals surface area contributed by atoms with Gasteiger partial charge in [0.05, 0.1) is 0 Å². The number of hydrogen-bond donors (Lipinski definition) is 1. The molecule has 0 atom stereocenters. The minimum absolute atomic E-state index is 0.214. The van der Waals surface area contributed by atoms with E-state index >= 15 is 0 Å². The van der Waals surface area contributed by atoms with Crippen LogP contribution in [-0.2, 0) is 11.2 Å². The summed E-state index contributed by atoms with van der Waals surface area (Å²) in [6.45, 7) is 0. The van der Waals surface area contributed by atoms with Crippen molar-refractivity contribution in [2.75, 3.05) is 0 Å². The van der Waals surface area contributed by atoms with Crippen LogP contribution in [0.2, 0.25) is 0 Å². The lowest BCUT2D eigenvalue weighted by molar-refractivity contribution is -0.136. The monoisotopic (exact) mass is 190 g/mol. The zero-order valence-electron chi connectivity index (χ0n) is 8.02. The molecule has 74 valence electrons. The summed E-state index contributed by atoms with van der Waals surface area (Å²) in [5.41, 5.74) is 1.25. The van der Waals surface area contributed by atoms with E-state index in [0.29, 0.717) is 6.42 Å². The topological polar surface area (TPSA) is 37.3 Å². The predicted molar refractivity (Wildman–Crippen MR) is 56.2 cm³/mol. The molecule has 0 saturated carbocycles. The molecular weight excluding hydrogens is 176 g/mol. The minimum atomic E-state index is -0.741. The molecule has 0 fully saturated rings. The van der Waals surface area contributed by atoms with Crippen LogP contribution in [0.4, 0.5) is 0 Å². The van der Waals surface area contributed by atoms with Crippen molar-refractivity contribution in [3.05, 3.63) is 48.0 Å². The lowest BCUT2D eigenvalue weighted by atomic mass is 10.1. The van der Waals surface area contributed by atoms with Gasteiger partial charge in [0.25, 0.3) is 0 Å². The van der Waals surface area contributed by atoms with Crippen LogP contribution in [0.1, 0.15) is 18.4 Å². The van der Waals surface area contributed by atoms with Gasteiger partial charge in [-0.1, -0.05) is 42.5 Å². The van der Waals surface area contributed by atoms with Crippen LogP contribution in [0.5, 0.6) is 0 Å². The fourth-order valence-electron chi connectivity index (χ4n) is 1.16. The quantitative estimate of drug-likeness (QED) is 0.725. The molecule has 1 aromatic carbocycles. The third kappa shape index (κ3) is 4.45. The number of allylic oxidation sites excluding steroid dienone is 2. The third-order valence-electron chi connectivity index (χ3n) is 1.89. The van der Waals surface area contributed by atoms with Crippen molar-refractivity contribution in [3.63, 3.8) is 0 Å². The first-order valence-electron chi connectivity index (χ1n) is 4.70. The number of carbonyl (C=O) groups is 1. The van der Waals surface area contributed by atoms with E-state index in [2.05, 4.69) is 12.1 Å². The molecule has 0 aliphatic carbocycles. The number of carboxylic acid groups (broad SMARTS) is 1. The summed E-state index contributed by atoms with van der Waals surface area (Å²) in [6, 6.07) is 10.1. The summed E-state index contributed by atoms with van der Waals surface area (Å²) in [4.78, 5) is 10.2. The molecule has 0 amide bonds. The molecule has 0 aromatic heterocycles. The van der Waals surface area contributed by atoms with E-state index in [1.165, 1.54) is 5.56 Å². The zero-order valence-corrected chi connectivity index (χ0v) is 8.02. The van der Waals surface area contributed by atoms with Crippen molar-refractivity contribution >= 4 is 5.97 Å². The maximum atomic E-state index is 10.2. The molecule has 2 nitrogen and oxygen atoms in total. The first kappa shape index (κ1) is 10.5. The molecule has 1 N–H and O–H groups in total. The second-order valence-electron chi connectivity index (χ2n) is 3.09. The van der Waals surface area contributed by atoms with Crippen molar-refractivity contribution in [1.82, 2.24) is 0 Å². The summed E-state index contributed by atoms with van der Waals surface area (Å²) in [5, 5.41) is 8.40. The Hall–Kier alpha value is -1.57.